The molecule has 2 aromatic rings. The van der Waals surface area contributed by atoms with Gasteiger partial charge in [0.25, 0.3) is 0 Å². The summed E-state index contributed by atoms with van der Waals surface area (Å²) in [6, 6.07) is 12.0. The van der Waals surface area contributed by atoms with E-state index < -0.39 is 10.0 Å². The molecule has 0 saturated carbocycles. The maximum absolute atomic E-state index is 12.5. The predicted molar refractivity (Wildman–Crippen MR) is 99.0 cm³/mol. The summed E-state index contributed by atoms with van der Waals surface area (Å²) in [4.78, 5) is 3.39. The van der Waals surface area contributed by atoms with Crippen LogP contribution in [0.2, 0.25) is 0 Å². The van der Waals surface area contributed by atoms with E-state index in [1.165, 1.54) is 35.3 Å². The van der Waals surface area contributed by atoms with Crippen LogP contribution < -0.4 is 4.72 Å². The molecule has 3 rings (SSSR count). The van der Waals surface area contributed by atoms with E-state index in [9.17, 15) is 8.42 Å². The maximum atomic E-state index is 12.5. The lowest BCUT2D eigenvalue weighted by Crippen LogP contribution is -2.36. The molecule has 0 radical (unpaired) electrons. The molecule has 4 nitrogen and oxygen atoms in total. The zero-order valence-electron chi connectivity index (χ0n) is 14.2. The van der Waals surface area contributed by atoms with Crippen LogP contribution >= 0.6 is 11.3 Å². The highest BCUT2D eigenvalue weighted by Crippen LogP contribution is 2.26. The van der Waals surface area contributed by atoms with Crippen molar-refractivity contribution in [1.82, 2.24) is 9.62 Å². The van der Waals surface area contributed by atoms with Crippen molar-refractivity contribution in [2.24, 2.45) is 0 Å². The quantitative estimate of drug-likeness (QED) is 0.854. The van der Waals surface area contributed by atoms with Crippen molar-refractivity contribution in [3.8, 4) is 0 Å². The fraction of sp³-hybridized carbons (Fsp3) is 0.444. The molecule has 1 fully saturated rings. The smallest absolute Gasteiger partial charge is 0.250 e. The van der Waals surface area contributed by atoms with Crippen molar-refractivity contribution in [2.45, 2.75) is 36.9 Å². The Morgan fingerprint density at radius 1 is 1.08 bits per heavy atom. The van der Waals surface area contributed by atoms with Gasteiger partial charge in [-0.1, -0.05) is 29.8 Å². The number of hydrogen-bond donors (Lipinski definition) is 1. The average molecular weight is 365 g/mol. The number of nitrogens with one attached hydrogen (secondary N) is 1. The number of hydrogen-bond acceptors (Lipinski definition) is 4. The largest absolute Gasteiger partial charge is 0.295 e. The molecular weight excluding hydrogens is 340 g/mol. The van der Waals surface area contributed by atoms with Crippen molar-refractivity contribution in [3.05, 3.63) is 52.4 Å². The molecule has 0 bridgehead atoms. The third-order valence-electron chi connectivity index (χ3n) is 4.49. The van der Waals surface area contributed by atoms with Crippen LogP contribution in [0.15, 0.2) is 40.6 Å². The lowest BCUT2D eigenvalue weighted by Gasteiger charge is -2.28. The van der Waals surface area contributed by atoms with E-state index in [0.29, 0.717) is 10.8 Å². The number of nitrogens with zero attached hydrogens (tertiary/aromatic N) is 1. The number of likely N-dealkylation sites (tertiary alicyclic amines) is 1. The van der Waals surface area contributed by atoms with Crippen molar-refractivity contribution in [1.29, 1.82) is 0 Å². The highest BCUT2D eigenvalue weighted by molar-refractivity contribution is 7.91. The Morgan fingerprint density at radius 2 is 1.75 bits per heavy atom. The van der Waals surface area contributed by atoms with Gasteiger partial charge in [-0.3, -0.25) is 4.90 Å². The number of sulfonamides is 1. The maximum Gasteiger partial charge on any atom is 0.250 e. The van der Waals surface area contributed by atoms with E-state index in [-0.39, 0.29) is 6.04 Å². The second kappa shape index (κ2) is 7.35. The number of aryl methyl sites for hydroxylation is 2. The standard InChI is InChI=1S/C18H24N2O2S2/c1-14-5-8-16(9-6-14)17(20-11-3-4-12-20)13-19-24(21,22)18-10-7-15(2)23-18/h5-10,17,19H,3-4,11-13H2,1-2H3. The SMILES string of the molecule is Cc1ccc(C(CNS(=O)(=O)c2ccc(C)s2)N2CCCC2)cc1. The predicted octanol–water partition coefficient (Wildman–Crippen LogP) is 3.48. The number of rotatable bonds is 6. The lowest BCUT2D eigenvalue weighted by atomic mass is 10.0. The van der Waals surface area contributed by atoms with Crippen LogP contribution in [0.1, 0.15) is 34.9 Å². The normalized spacial score (nSPS) is 17.2. The molecule has 130 valence electrons. The first-order chi connectivity index (χ1) is 11.5. The van der Waals surface area contributed by atoms with E-state index in [0.717, 1.165) is 18.0 Å². The van der Waals surface area contributed by atoms with Crippen LogP contribution in [0.4, 0.5) is 0 Å². The van der Waals surface area contributed by atoms with Crippen molar-refractivity contribution in [3.63, 3.8) is 0 Å². The van der Waals surface area contributed by atoms with Crippen LogP contribution in [0.3, 0.4) is 0 Å². The second-order valence-electron chi connectivity index (χ2n) is 6.39. The molecule has 1 N–H and O–H groups in total. The molecule has 1 aliphatic heterocycles. The van der Waals surface area contributed by atoms with Crippen LogP contribution in [-0.4, -0.2) is 33.0 Å². The van der Waals surface area contributed by atoms with Crippen molar-refractivity contribution in [2.75, 3.05) is 19.6 Å². The first-order valence-corrected chi connectivity index (χ1v) is 10.6. The Kier molecular flexibility index (Phi) is 5.39. The fourth-order valence-electron chi connectivity index (χ4n) is 3.12. The van der Waals surface area contributed by atoms with Gasteiger partial charge in [0, 0.05) is 17.5 Å². The van der Waals surface area contributed by atoms with E-state index >= 15 is 0 Å². The summed E-state index contributed by atoms with van der Waals surface area (Å²) in [5.74, 6) is 0. The van der Waals surface area contributed by atoms with E-state index in [1.54, 1.807) is 6.07 Å². The molecule has 6 heteroatoms. The Bertz CT molecular complexity index is 776. The Morgan fingerprint density at radius 3 is 2.33 bits per heavy atom. The van der Waals surface area contributed by atoms with Crippen molar-refractivity contribution >= 4 is 21.4 Å². The second-order valence-corrected chi connectivity index (χ2v) is 9.67. The van der Waals surface area contributed by atoms with Crippen LogP contribution in [0, 0.1) is 13.8 Å². The molecule has 1 unspecified atom stereocenters. The highest BCUT2D eigenvalue weighted by Gasteiger charge is 2.26. The monoisotopic (exact) mass is 364 g/mol. The molecule has 1 aromatic carbocycles. The Hall–Kier alpha value is -1.21. The lowest BCUT2D eigenvalue weighted by molar-refractivity contribution is 0.246. The minimum atomic E-state index is -3.44. The van der Waals surface area contributed by atoms with Crippen LogP contribution in [0.25, 0.3) is 0 Å². The third kappa shape index (κ3) is 4.06. The van der Waals surface area contributed by atoms with Gasteiger partial charge in [-0.25, -0.2) is 13.1 Å². The van der Waals surface area contributed by atoms with Crippen molar-refractivity contribution < 1.29 is 8.42 Å². The van der Waals surface area contributed by atoms with Crippen LogP contribution in [-0.2, 0) is 10.0 Å². The Balaban J connectivity index is 1.78. The summed E-state index contributed by atoms with van der Waals surface area (Å²) in [6.45, 7) is 6.44. The van der Waals surface area contributed by atoms with Gasteiger partial charge in [-0.05, 0) is 57.5 Å². The average Bonchev–Trinajstić information content (AvgIpc) is 3.21. The molecule has 0 amide bonds. The summed E-state index contributed by atoms with van der Waals surface area (Å²) >= 11 is 1.31. The molecule has 1 aliphatic rings. The minimum absolute atomic E-state index is 0.0870. The summed E-state index contributed by atoms with van der Waals surface area (Å²) < 4.78 is 28.3. The third-order valence-corrected chi connectivity index (χ3v) is 7.41. The molecular formula is C18H24N2O2S2. The molecule has 1 aromatic heterocycles. The van der Waals surface area contributed by atoms with Gasteiger partial charge >= 0.3 is 0 Å². The molecule has 2 heterocycles. The van der Waals surface area contributed by atoms with Gasteiger partial charge in [0.05, 0.1) is 0 Å². The van der Waals surface area contributed by atoms with E-state index in [4.69, 9.17) is 0 Å². The first-order valence-electron chi connectivity index (χ1n) is 8.32. The molecule has 0 spiro atoms. The molecule has 1 atom stereocenters. The molecule has 24 heavy (non-hydrogen) atoms. The van der Waals surface area contributed by atoms with Gasteiger partial charge in [-0.2, -0.15) is 0 Å². The van der Waals surface area contributed by atoms with Gasteiger partial charge in [0.15, 0.2) is 0 Å². The van der Waals surface area contributed by atoms with E-state index in [1.807, 2.05) is 13.0 Å². The van der Waals surface area contributed by atoms with Crippen LogP contribution in [0.5, 0.6) is 0 Å². The van der Waals surface area contributed by atoms with E-state index in [2.05, 4.69) is 40.8 Å². The summed E-state index contributed by atoms with van der Waals surface area (Å²) in [7, 11) is -3.44. The van der Waals surface area contributed by atoms with Gasteiger partial charge in [0.2, 0.25) is 10.0 Å². The molecule has 0 aliphatic carbocycles. The summed E-state index contributed by atoms with van der Waals surface area (Å²) in [5, 5.41) is 0. The zero-order valence-corrected chi connectivity index (χ0v) is 15.8. The topological polar surface area (TPSA) is 49.4 Å². The zero-order chi connectivity index (χ0) is 17.2. The molecule has 1 saturated heterocycles. The van der Waals surface area contributed by atoms with Gasteiger partial charge < -0.3 is 0 Å². The number of benzene rings is 1. The first kappa shape index (κ1) is 17.6. The van der Waals surface area contributed by atoms with Gasteiger partial charge in [0.1, 0.15) is 4.21 Å². The summed E-state index contributed by atoms with van der Waals surface area (Å²) in [5.41, 5.74) is 2.39. The van der Waals surface area contributed by atoms with Gasteiger partial charge in [-0.15, -0.1) is 11.3 Å². The Labute approximate surface area is 148 Å². The fourth-order valence-corrected chi connectivity index (χ4v) is 5.48. The number of thiophene rings is 1. The summed E-state index contributed by atoms with van der Waals surface area (Å²) in [6.07, 6.45) is 2.36. The highest BCUT2D eigenvalue weighted by atomic mass is 32.2. The minimum Gasteiger partial charge on any atom is -0.295 e.